The highest BCUT2D eigenvalue weighted by Gasteiger charge is 2.13. The van der Waals surface area contributed by atoms with Crippen LogP contribution in [0.5, 0.6) is 0 Å². The van der Waals surface area contributed by atoms with Gasteiger partial charge in [0, 0.05) is 13.0 Å². The van der Waals surface area contributed by atoms with Crippen LogP contribution >= 0.6 is 0 Å². The molecule has 0 fully saturated rings. The average molecular weight is 361 g/mol. The van der Waals surface area contributed by atoms with E-state index >= 15 is 0 Å². The maximum atomic E-state index is 9.00. The summed E-state index contributed by atoms with van der Waals surface area (Å²) in [4.78, 5) is 9.00. The largest absolute Gasteiger partial charge is 0.481 e. The number of carboxylic acids is 1. The molecule has 2 atom stereocenters. The third-order valence-corrected chi connectivity index (χ3v) is 3.10. The molecule has 1 aromatic rings. The summed E-state index contributed by atoms with van der Waals surface area (Å²) in [5.74, 6) is 0.818. The van der Waals surface area contributed by atoms with Gasteiger partial charge in [0.05, 0.1) is 6.20 Å². The summed E-state index contributed by atoms with van der Waals surface area (Å²) in [5.41, 5.74) is 0. The second-order valence-corrected chi connectivity index (χ2v) is 5.46. The Bertz CT molecular complexity index is 294. The van der Waals surface area contributed by atoms with E-state index in [4.69, 9.17) is 9.90 Å². The predicted octanol–water partition coefficient (Wildman–Crippen LogP) is 5.87. The number of hydrogen-bond donors (Lipinski definition) is 2. The van der Waals surface area contributed by atoms with Crippen molar-refractivity contribution in [3.63, 3.8) is 0 Å². The molecule has 0 radical (unpaired) electrons. The van der Waals surface area contributed by atoms with Crippen LogP contribution in [0.2, 0.25) is 0 Å². The van der Waals surface area contributed by atoms with Crippen molar-refractivity contribution in [1.29, 1.82) is 0 Å². The van der Waals surface area contributed by atoms with E-state index in [1.807, 2.05) is 27.7 Å². The van der Waals surface area contributed by atoms with Crippen LogP contribution in [0.1, 0.15) is 81.6 Å². The number of hydrogen-bond acceptors (Lipinski definition) is 4. The maximum Gasteiger partial charge on any atom is 0.300 e. The van der Waals surface area contributed by atoms with Crippen molar-refractivity contribution in [3.05, 3.63) is 18.5 Å². The minimum Gasteiger partial charge on any atom is -0.481 e. The molecule has 2 N–H and O–H groups in total. The fourth-order valence-corrected chi connectivity index (χ4v) is 1.69. The minimum absolute atomic E-state index is 0.720. The maximum absolute atomic E-state index is 9.00. The second-order valence-electron chi connectivity index (χ2n) is 5.46. The minimum atomic E-state index is -0.833. The summed E-state index contributed by atoms with van der Waals surface area (Å²) >= 11 is 0. The molecule has 0 saturated heterocycles. The first kappa shape index (κ1) is 31.4. The molecular formula is C20H44N2O3. The summed E-state index contributed by atoms with van der Waals surface area (Å²) in [7, 11) is 2.08. The lowest BCUT2D eigenvalue weighted by Crippen LogP contribution is -2.31. The first-order valence-electron chi connectivity index (χ1n) is 9.56. The molecule has 0 spiro atoms. The molecule has 5 nitrogen and oxygen atoms in total. The molecule has 0 bridgehead atoms. The Balaban J connectivity index is -0.000000139. The van der Waals surface area contributed by atoms with Crippen LogP contribution < -0.4 is 5.32 Å². The number of nitrogens with one attached hydrogen (secondary N) is 1. The quantitative estimate of drug-likeness (QED) is 0.663. The van der Waals surface area contributed by atoms with Gasteiger partial charge in [-0.2, -0.15) is 0 Å². The van der Waals surface area contributed by atoms with Gasteiger partial charge in [0.2, 0.25) is 0 Å². The molecule has 0 aliphatic heterocycles. The highest BCUT2D eigenvalue weighted by molar-refractivity contribution is 5.62. The van der Waals surface area contributed by atoms with Crippen LogP contribution in [0, 0.1) is 11.8 Å². The Labute approximate surface area is 156 Å². The van der Waals surface area contributed by atoms with E-state index in [0.717, 1.165) is 24.8 Å². The van der Waals surface area contributed by atoms with E-state index in [1.165, 1.54) is 25.5 Å². The van der Waals surface area contributed by atoms with E-state index < -0.39 is 5.97 Å². The fraction of sp³-hybridized carbons (Fsp3) is 0.800. The van der Waals surface area contributed by atoms with Gasteiger partial charge in [-0.3, -0.25) is 4.79 Å². The summed E-state index contributed by atoms with van der Waals surface area (Å²) in [5, 5.41) is 14.2. The number of rotatable bonds is 6. The van der Waals surface area contributed by atoms with Crippen LogP contribution in [0.15, 0.2) is 23.0 Å². The van der Waals surface area contributed by atoms with E-state index in [1.54, 1.807) is 12.3 Å². The summed E-state index contributed by atoms with van der Waals surface area (Å²) in [6.45, 7) is 18.3. The van der Waals surface area contributed by atoms with Gasteiger partial charge in [-0.05, 0) is 37.8 Å². The first-order valence-corrected chi connectivity index (χ1v) is 9.56. The molecule has 0 aliphatic rings. The lowest BCUT2D eigenvalue weighted by atomic mass is 9.92. The third-order valence-electron chi connectivity index (χ3n) is 3.10. The van der Waals surface area contributed by atoms with Gasteiger partial charge in [-0.25, -0.2) is 0 Å². The van der Waals surface area contributed by atoms with Crippen molar-refractivity contribution in [2.45, 2.75) is 87.6 Å². The number of carbonyl (C=O) groups is 1. The zero-order valence-electron chi connectivity index (χ0n) is 18.3. The van der Waals surface area contributed by atoms with Gasteiger partial charge in [-0.1, -0.05) is 67.0 Å². The molecule has 0 aromatic carbocycles. The van der Waals surface area contributed by atoms with Crippen LogP contribution in [0.4, 0.5) is 0 Å². The standard InChI is InChI=1S/C11H25N.C3H3NO.C2H4O2.2C2H6/c1-6-10(4)11(12-5)8-7-9(2)3;1-2-4-5-3-1;1-2(3)4;2*1-2/h9-12H,6-8H2,1-5H3;1-3H;1H3,(H,3,4);2*1-2H3. The van der Waals surface area contributed by atoms with Crippen molar-refractivity contribution < 1.29 is 14.4 Å². The first-order chi connectivity index (χ1) is 11.8. The van der Waals surface area contributed by atoms with Crippen molar-refractivity contribution in [2.75, 3.05) is 7.05 Å². The van der Waals surface area contributed by atoms with Gasteiger partial charge >= 0.3 is 0 Å². The van der Waals surface area contributed by atoms with E-state index in [-0.39, 0.29) is 0 Å². The van der Waals surface area contributed by atoms with Crippen molar-refractivity contribution in [2.24, 2.45) is 11.8 Å². The molecule has 1 aromatic heterocycles. The molecule has 5 heteroatoms. The molecular weight excluding hydrogens is 316 g/mol. The zero-order chi connectivity index (χ0) is 20.7. The topological polar surface area (TPSA) is 75.4 Å². The normalized spacial score (nSPS) is 11.0. The van der Waals surface area contributed by atoms with Crippen LogP contribution in [0.25, 0.3) is 0 Å². The Morgan fingerprint density at radius 3 is 1.84 bits per heavy atom. The molecule has 0 aliphatic carbocycles. The van der Waals surface area contributed by atoms with Crippen molar-refractivity contribution >= 4 is 5.97 Å². The lowest BCUT2D eigenvalue weighted by Gasteiger charge is -2.23. The second kappa shape index (κ2) is 27.5. The molecule has 0 saturated carbocycles. The third kappa shape index (κ3) is 34.8. The smallest absolute Gasteiger partial charge is 0.300 e. The number of carboxylic acid groups (broad SMARTS) is 1. The van der Waals surface area contributed by atoms with Gasteiger partial charge in [0.25, 0.3) is 5.97 Å². The van der Waals surface area contributed by atoms with Crippen LogP contribution in [-0.4, -0.2) is 29.3 Å². The Morgan fingerprint density at radius 1 is 1.16 bits per heavy atom. The summed E-state index contributed by atoms with van der Waals surface area (Å²) < 4.78 is 4.33. The summed E-state index contributed by atoms with van der Waals surface area (Å²) in [6.07, 6.45) is 7.04. The molecule has 2 unspecified atom stereocenters. The van der Waals surface area contributed by atoms with E-state index in [2.05, 4.69) is 49.7 Å². The van der Waals surface area contributed by atoms with Gasteiger partial charge in [0.15, 0.2) is 0 Å². The van der Waals surface area contributed by atoms with Gasteiger partial charge in [-0.15, -0.1) is 0 Å². The van der Waals surface area contributed by atoms with Gasteiger partial charge < -0.3 is 14.9 Å². The SMILES string of the molecule is CC.CC.CC(=O)O.CCC(C)C(CCC(C)C)NC.c1cnoc1. The van der Waals surface area contributed by atoms with Crippen LogP contribution in [0.3, 0.4) is 0 Å². The Morgan fingerprint density at radius 2 is 1.64 bits per heavy atom. The molecule has 1 heterocycles. The van der Waals surface area contributed by atoms with Crippen molar-refractivity contribution in [3.8, 4) is 0 Å². The van der Waals surface area contributed by atoms with E-state index in [0.29, 0.717) is 0 Å². The van der Waals surface area contributed by atoms with Crippen molar-refractivity contribution in [1.82, 2.24) is 10.5 Å². The monoisotopic (exact) mass is 360 g/mol. The Kier molecular flexibility index (Phi) is 34.5. The highest BCUT2D eigenvalue weighted by Crippen LogP contribution is 2.15. The molecule has 1 rings (SSSR count). The zero-order valence-corrected chi connectivity index (χ0v) is 18.3. The molecule has 0 amide bonds. The fourth-order valence-electron chi connectivity index (χ4n) is 1.69. The predicted molar refractivity (Wildman–Crippen MR) is 109 cm³/mol. The van der Waals surface area contributed by atoms with Crippen LogP contribution in [-0.2, 0) is 4.79 Å². The number of aromatic nitrogens is 1. The highest BCUT2D eigenvalue weighted by atomic mass is 16.5. The van der Waals surface area contributed by atoms with Gasteiger partial charge in [0.1, 0.15) is 6.26 Å². The lowest BCUT2D eigenvalue weighted by molar-refractivity contribution is -0.134. The molecule has 25 heavy (non-hydrogen) atoms. The number of nitrogens with zero attached hydrogens (tertiary/aromatic N) is 1. The Hall–Kier alpha value is -1.36. The summed E-state index contributed by atoms with van der Waals surface area (Å²) in [6, 6.07) is 2.44. The average Bonchev–Trinajstić information content (AvgIpc) is 3.18. The number of aliphatic carboxylic acids is 1. The molecule has 152 valence electrons. The van der Waals surface area contributed by atoms with E-state index in [9.17, 15) is 0 Å².